The highest BCUT2D eigenvalue weighted by Crippen LogP contribution is 2.22. The molecular formula is C18H22O2Si. The summed E-state index contributed by atoms with van der Waals surface area (Å²) in [6.45, 7) is 6.34. The van der Waals surface area contributed by atoms with E-state index in [2.05, 4.69) is 43.8 Å². The van der Waals surface area contributed by atoms with Gasteiger partial charge in [0.1, 0.15) is 0 Å². The lowest BCUT2D eigenvalue weighted by molar-refractivity contribution is 0.259. The Morgan fingerprint density at radius 2 is 1.57 bits per heavy atom. The summed E-state index contributed by atoms with van der Waals surface area (Å²) in [5, 5.41) is 1.14. The van der Waals surface area contributed by atoms with E-state index < -0.39 is 8.56 Å². The molecule has 0 aliphatic rings. The Kier molecular flexibility index (Phi) is 5.12. The van der Waals surface area contributed by atoms with Gasteiger partial charge in [-0.05, 0) is 27.9 Å². The Balaban J connectivity index is 2.40. The highest BCUT2D eigenvalue weighted by Gasteiger charge is 2.36. The van der Waals surface area contributed by atoms with Gasteiger partial charge in [0.2, 0.25) is 0 Å². The van der Waals surface area contributed by atoms with Crippen molar-refractivity contribution in [3.63, 3.8) is 0 Å². The third-order valence-corrected chi connectivity index (χ3v) is 7.34. The van der Waals surface area contributed by atoms with E-state index in [1.54, 1.807) is 14.2 Å². The third kappa shape index (κ3) is 3.15. The van der Waals surface area contributed by atoms with E-state index in [1.165, 1.54) is 0 Å². The summed E-state index contributed by atoms with van der Waals surface area (Å²) in [7, 11) is 1.16. The molecule has 2 aromatic rings. The highest BCUT2D eigenvalue weighted by atomic mass is 28.4. The van der Waals surface area contributed by atoms with Crippen molar-refractivity contribution in [2.75, 3.05) is 14.2 Å². The van der Waals surface area contributed by atoms with E-state index in [-0.39, 0.29) is 0 Å². The molecule has 2 aromatic carbocycles. The first-order valence-electron chi connectivity index (χ1n) is 7.12. The van der Waals surface area contributed by atoms with Gasteiger partial charge in [-0.1, -0.05) is 68.1 Å². The van der Waals surface area contributed by atoms with Gasteiger partial charge >= 0.3 is 8.56 Å². The van der Waals surface area contributed by atoms with Gasteiger partial charge in [0, 0.05) is 14.2 Å². The van der Waals surface area contributed by atoms with Crippen molar-refractivity contribution in [3.05, 3.63) is 72.3 Å². The molecule has 21 heavy (non-hydrogen) atoms. The number of benzene rings is 2. The summed E-state index contributed by atoms with van der Waals surface area (Å²) in [4.78, 5) is 0. The van der Waals surface area contributed by atoms with Crippen molar-refractivity contribution in [3.8, 4) is 0 Å². The molecule has 0 atom stereocenters. The standard InChI is InChI=1S/C18H22O2Si/c1-5-21(19-3,20-4)18-13-9-12-17(14-18)15(2)16-10-7-6-8-11-16/h6-14H,2,5H2,1,3-4H3. The predicted molar refractivity (Wildman–Crippen MR) is 90.9 cm³/mol. The maximum absolute atomic E-state index is 5.75. The maximum atomic E-state index is 5.75. The van der Waals surface area contributed by atoms with Gasteiger partial charge < -0.3 is 8.85 Å². The second-order valence-electron chi connectivity index (χ2n) is 4.94. The third-order valence-electron chi connectivity index (χ3n) is 3.90. The molecule has 2 nitrogen and oxygen atoms in total. The van der Waals surface area contributed by atoms with Crippen LogP contribution in [0.4, 0.5) is 0 Å². The SMILES string of the molecule is C=C(c1ccccc1)c1cccc([Si](CC)(OC)OC)c1. The van der Waals surface area contributed by atoms with Gasteiger partial charge in [0.25, 0.3) is 0 Å². The zero-order valence-corrected chi connectivity index (χ0v) is 13.9. The van der Waals surface area contributed by atoms with Crippen molar-refractivity contribution >= 4 is 19.3 Å². The van der Waals surface area contributed by atoms with E-state index in [9.17, 15) is 0 Å². The lowest BCUT2D eigenvalue weighted by atomic mass is 10.00. The first kappa shape index (κ1) is 15.7. The van der Waals surface area contributed by atoms with Crippen molar-refractivity contribution in [2.45, 2.75) is 13.0 Å². The first-order valence-corrected chi connectivity index (χ1v) is 9.14. The van der Waals surface area contributed by atoms with Crippen LogP contribution in [-0.2, 0) is 8.85 Å². The van der Waals surface area contributed by atoms with Crippen LogP contribution in [0.3, 0.4) is 0 Å². The smallest absolute Gasteiger partial charge is 0.371 e. The molecule has 0 spiro atoms. The van der Waals surface area contributed by atoms with Crippen molar-refractivity contribution in [1.29, 1.82) is 0 Å². The van der Waals surface area contributed by atoms with Crippen molar-refractivity contribution in [1.82, 2.24) is 0 Å². The van der Waals surface area contributed by atoms with Crippen LogP contribution in [0.5, 0.6) is 0 Å². The monoisotopic (exact) mass is 298 g/mol. The Morgan fingerprint density at radius 1 is 0.952 bits per heavy atom. The summed E-state index contributed by atoms with van der Waals surface area (Å²) >= 11 is 0. The minimum Gasteiger partial charge on any atom is -0.394 e. The van der Waals surface area contributed by atoms with Gasteiger partial charge in [-0.2, -0.15) is 0 Å². The number of rotatable bonds is 6. The van der Waals surface area contributed by atoms with Crippen molar-refractivity contribution in [2.24, 2.45) is 0 Å². The van der Waals surface area contributed by atoms with Crippen LogP contribution in [0.25, 0.3) is 5.57 Å². The van der Waals surface area contributed by atoms with E-state index in [4.69, 9.17) is 8.85 Å². The molecule has 0 aliphatic heterocycles. The lowest BCUT2D eigenvalue weighted by Crippen LogP contribution is -2.51. The Morgan fingerprint density at radius 3 is 2.14 bits per heavy atom. The molecule has 0 saturated heterocycles. The minimum absolute atomic E-state index is 0.876. The van der Waals surface area contributed by atoms with Crippen LogP contribution in [0.2, 0.25) is 6.04 Å². The fourth-order valence-corrected chi connectivity index (χ4v) is 4.91. The first-order chi connectivity index (χ1) is 10.2. The van der Waals surface area contributed by atoms with Crippen LogP contribution < -0.4 is 5.19 Å². The summed E-state index contributed by atoms with van der Waals surface area (Å²) in [5.74, 6) is 0. The van der Waals surface area contributed by atoms with Crippen LogP contribution in [0.15, 0.2) is 61.2 Å². The Labute approximate surface area is 128 Å². The van der Waals surface area contributed by atoms with Crippen LogP contribution >= 0.6 is 0 Å². The van der Waals surface area contributed by atoms with Crippen molar-refractivity contribution < 1.29 is 8.85 Å². The molecule has 0 aromatic heterocycles. The van der Waals surface area contributed by atoms with Gasteiger partial charge in [-0.3, -0.25) is 0 Å². The van der Waals surface area contributed by atoms with Crippen LogP contribution in [-0.4, -0.2) is 22.8 Å². The normalized spacial score (nSPS) is 11.4. The quantitative estimate of drug-likeness (QED) is 0.757. The van der Waals surface area contributed by atoms with Gasteiger partial charge in [0.05, 0.1) is 0 Å². The summed E-state index contributed by atoms with van der Waals surface area (Å²) in [5.41, 5.74) is 3.26. The molecule has 0 heterocycles. The second-order valence-corrected chi connectivity index (χ2v) is 8.55. The number of hydrogen-bond acceptors (Lipinski definition) is 2. The molecule has 0 saturated carbocycles. The van der Waals surface area contributed by atoms with Gasteiger partial charge in [-0.15, -0.1) is 0 Å². The highest BCUT2D eigenvalue weighted by molar-refractivity contribution is 6.81. The fraction of sp³-hybridized carbons (Fsp3) is 0.222. The molecule has 0 fully saturated rings. The van der Waals surface area contributed by atoms with E-state index in [0.29, 0.717) is 0 Å². The van der Waals surface area contributed by atoms with E-state index in [0.717, 1.165) is 27.9 Å². The zero-order chi connectivity index (χ0) is 15.3. The molecule has 0 aliphatic carbocycles. The average Bonchev–Trinajstić information content (AvgIpc) is 2.57. The molecule has 0 amide bonds. The fourth-order valence-electron chi connectivity index (χ4n) is 2.56. The van der Waals surface area contributed by atoms with Gasteiger partial charge in [-0.25, -0.2) is 0 Å². The molecule has 110 valence electrons. The predicted octanol–water partition coefficient (Wildman–Crippen LogP) is 3.71. The molecule has 0 unspecified atom stereocenters. The zero-order valence-electron chi connectivity index (χ0n) is 12.9. The largest absolute Gasteiger partial charge is 0.394 e. The van der Waals surface area contributed by atoms with Crippen LogP contribution in [0, 0.1) is 0 Å². The van der Waals surface area contributed by atoms with Crippen LogP contribution in [0.1, 0.15) is 18.1 Å². The topological polar surface area (TPSA) is 18.5 Å². The molecular weight excluding hydrogens is 276 g/mol. The number of hydrogen-bond donors (Lipinski definition) is 0. The summed E-state index contributed by atoms with van der Waals surface area (Å²) in [6.07, 6.45) is 0. The molecule has 0 bridgehead atoms. The minimum atomic E-state index is -2.31. The maximum Gasteiger partial charge on any atom is 0.371 e. The molecule has 3 heteroatoms. The second kappa shape index (κ2) is 6.85. The van der Waals surface area contributed by atoms with Gasteiger partial charge in [0.15, 0.2) is 0 Å². The lowest BCUT2D eigenvalue weighted by Gasteiger charge is -2.26. The summed E-state index contributed by atoms with van der Waals surface area (Å²) in [6, 6.07) is 19.5. The Bertz CT molecular complexity index is 595. The van der Waals surface area contributed by atoms with E-state index in [1.807, 2.05) is 24.3 Å². The molecule has 0 N–H and O–H groups in total. The molecule has 0 radical (unpaired) electrons. The molecule has 2 rings (SSSR count). The average molecular weight is 298 g/mol. The van der Waals surface area contributed by atoms with E-state index >= 15 is 0 Å². The summed E-state index contributed by atoms with van der Waals surface area (Å²) < 4.78 is 11.5. The Hall–Kier alpha value is -1.68.